The van der Waals surface area contributed by atoms with Crippen LogP contribution in [0.4, 0.5) is 5.13 Å². The third kappa shape index (κ3) is 6.31. The normalized spacial score (nSPS) is 19.6. The van der Waals surface area contributed by atoms with Gasteiger partial charge in [0.2, 0.25) is 6.29 Å². The van der Waals surface area contributed by atoms with E-state index in [0.29, 0.717) is 17.7 Å². The molecule has 2 amide bonds. The van der Waals surface area contributed by atoms with Crippen molar-refractivity contribution in [2.75, 3.05) is 11.5 Å². The Morgan fingerprint density at radius 3 is 2.80 bits per heavy atom. The largest absolute Gasteiger partial charge is 0.425 e. The number of allylic oxidation sites excluding steroid dienone is 1. The summed E-state index contributed by atoms with van der Waals surface area (Å²) in [6, 6.07) is 2.57. The summed E-state index contributed by atoms with van der Waals surface area (Å²) < 4.78 is 10.5. The minimum absolute atomic E-state index is 0.0268. The first kappa shape index (κ1) is 28.8. The van der Waals surface area contributed by atoms with E-state index in [0.717, 1.165) is 16.9 Å². The van der Waals surface area contributed by atoms with Gasteiger partial charge in [-0.2, -0.15) is 0 Å². The molecular formula is C25H26N6O7S2. The van der Waals surface area contributed by atoms with Crippen LogP contribution >= 0.6 is 23.1 Å². The van der Waals surface area contributed by atoms with Gasteiger partial charge in [-0.15, -0.1) is 23.1 Å². The van der Waals surface area contributed by atoms with Gasteiger partial charge in [-0.1, -0.05) is 30.3 Å². The number of anilines is 1. The Morgan fingerprint density at radius 2 is 2.15 bits per heavy atom. The second-order valence-corrected chi connectivity index (χ2v) is 10.6. The summed E-state index contributed by atoms with van der Waals surface area (Å²) in [4.78, 5) is 60.5. The summed E-state index contributed by atoms with van der Waals surface area (Å²) >= 11 is 2.38. The number of β-lactam (4-membered cyclic amide) rings is 1. The summed E-state index contributed by atoms with van der Waals surface area (Å²) in [5.41, 5.74) is 6.50. The Hall–Kier alpha value is -4.24. The molecule has 15 heteroatoms. The molecule has 0 bridgehead atoms. The lowest BCUT2D eigenvalue weighted by Crippen LogP contribution is -2.71. The quantitative estimate of drug-likeness (QED) is 0.0922. The van der Waals surface area contributed by atoms with Crippen molar-refractivity contribution >= 4 is 63.8 Å². The Kier molecular flexibility index (Phi) is 9.16. The van der Waals surface area contributed by atoms with Gasteiger partial charge in [0, 0.05) is 36.9 Å². The fourth-order valence-electron chi connectivity index (χ4n) is 3.93. The number of hydrogen-bond acceptors (Lipinski definition) is 13. The molecule has 0 aliphatic carbocycles. The molecule has 3 atom stereocenters. The van der Waals surface area contributed by atoms with Gasteiger partial charge in [0.25, 0.3) is 11.8 Å². The number of nitrogens with one attached hydrogen (secondary N) is 1. The zero-order valence-corrected chi connectivity index (χ0v) is 23.1. The molecule has 2 aromatic heterocycles. The van der Waals surface area contributed by atoms with E-state index in [1.54, 1.807) is 30.6 Å². The zero-order valence-electron chi connectivity index (χ0n) is 21.5. The maximum Gasteiger partial charge on any atom is 0.358 e. The van der Waals surface area contributed by atoms with E-state index >= 15 is 0 Å². The highest BCUT2D eigenvalue weighted by atomic mass is 32.2. The molecule has 13 nitrogen and oxygen atoms in total. The van der Waals surface area contributed by atoms with E-state index in [1.165, 1.54) is 29.0 Å². The average Bonchev–Trinajstić information content (AvgIpc) is 3.36. The molecule has 0 aromatic carbocycles. The lowest BCUT2D eigenvalue weighted by Gasteiger charge is -2.49. The van der Waals surface area contributed by atoms with Crippen LogP contribution in [0.1, 0.15) is 37.9 Å². The van der Waals surface area contributed by atoms with Gasteiger partial charge in [0.05, 0.1) is 0 Å². The number of nitrogens with zero attached hydrogens (tertiary/aromatic N) is 4. The molecule has 2 aromatic rings. The molecule has 210 valence electrons. The smallest absolute Gasteiger partial charge is 0.358 e. The van der Waals surface area contributed by atoms with E-state index < -0.39 is 47.2 Å². The monoisotopic (exact) mass is 586 g/mol. The molecule has 2 aliphatic heterocycles. The molecule has 1 saturated heterocycles. The summed E-state index contributed by atoms with van der Waals surface area (Å²) in [5, 5.41) is 15.9. The van der Waals surface area contributed by atoms with Crippen LogP contribution in [0.25, 0.3) is 6.08 Å². The van der Waals surface area contributed by atoms with Crippen molar-refractivity contribution in [3.05, 3.63) is 58.5 Å². The number of fused-ring (bicyclic) bond motifs is 1. The molecule has 1 unspecified atom stereocenters. The molecule has 0 spiro atoms. The van der Waals surface area contributed by atoms with Crippen LogP contribution in [0.5, 0.6) is 0 Å². The number of rotatable bonds is 10. The number of pyridine rings is 1. The van der Waals surface area contributed by atoms with Crippen molar-refractivity contribution in [1.29, 1.82) is 0 Å². The minimum Gasteiger partial charge on any atom is -0.425 e. The number of carbonyl (C=O) groups excluding carboxylic acids is 4. The van der Waals surface area contributed by atoms with Gasteiger partial charge in [0.15, 0.2) is 10.8 Å². The van der Waals surface area contributed by atoms with Crippen LogP contribution in [0.15, 0.2) is 52.4 Å². The minimum atomic E-state index is -1.18. The topological polar surface area (TPSA) is 186 Å². The Morgan fingerprint density at radius 1 is 1.35 bits per heavy atom. The third-order valence-corrected chi connectivity index (χ3v) is 7.72. The lowest BCUT2D eigenvalue weighted by molar-refractivity contribution is -0.184. The highest BCUT2D eigenvalue weighted by molar-refractivity contribution is 8.00. The van der Waals surface area contributed by atoms with E-state index in [-0.39, 0.29) is 22.9 Å². The first-order chi connectivity index (χ1) is 19.2. The van der Waals surface area contributed by atoms with Gasteiger partial charge in [-0.25, -0.2) is 9.78 Å². The number of ether oxygens (including phenoxy) is 2. The molecule has 0 saturated carbocycles. The van der Waals surface area contributed by atoms with Gasteiger partial charge >= 0.3 is 11.9 Å². The van der Waals surface area contributed by atoms with Crippen LogP contribution in [0.3, 0.4) is 0 Å². The van der Waals surface area contributed by atoms with Crippen LogP contribution < -0.4 is 11.1 Å². The molecule has 40 heavy (non-hydrogen) atoms. The molecule has 4 N–H and O–H groups in total. The Labute approximate surface area is 237 Å². The molecule has 4 heterocycles. The number of oxime groups is 1. The lowest BCUT2D eigenvalue weighted by atomic mass is 10.0. The number of thioether (sulfide) groups is 1. The van der Waals surface area contributed by atoms with E-state index in [9.17, 15) is 24.4 Å². The highest BCUT2D eigenvalue weighted by Crippen LogP contribution is 2.41. The van der Waals surface area contributed by atoms with E-state index in [1.807, 2.05) is 13.0 Å². The number of thiazole rings is 1. The number of amides is 2. The molecule has 2 aliphatic rings. The number of nitrogen functional groups attached to an aromatic ring is 1. The van der Waals surface area contributed by atoms with Crippen molar-refractivity contribution in [3.8, 4) is 0 Å². The summed E-state index contributed by atoms with van der Waals surface area (Å²) in [6.07, 6.45) is 6.25. The van der Waals surface area contributed by atoms with Crippen molar-refractivity contribution < 1.29 is 33.9 Å². The van der Waals surface area contributed by atoms with Gasteiger partial charge in [-0.3, -0.25) is 24.3 Å². The fraction of sp³-hybridized carbons (Fsp3) is 0.320. The standard InChI is InChI=1S/C25H26N6O7S2/c1-3-5-17(32)37-13(2)38-24(35)20-15(8-7-14-6-4-9-27-10-14)11-39-23-19(22(34)31(20)23)29-21(33)18(30-36)16-12-40-25(26)28-16/h4,6-10,12-13,19,23,36H,3,5,11H2,1-2H3,(H2,26,28)(H,29,33)/b8-7-,30-18?/t13?,19-,23+/m1/s1. The Bertz CT molecular complexity index is 1390. The second kappa shape index (κ2) is 12.7. The first-order valence-corrected chi connectivity index (χ1v) is 14.1. The average molecular weight is 587 g/mol. The number of hydrogen-bond donors (Lipinski definition) is 3. The van der Waals surface area contributed by atoms with Gasteiger partial charge in [-0.05, 0) is 23.6 Å². The molecular weight excluding hydrogens is 560 g/mol. The predicted octanol–water partition coefficient (Wildman–Crippen LogP) is 1.90. The second-order valence-electron chi connectivity index (χ2n) is 8.59. The van der Waals surface area contributed by atoms with Crippen molar-refractivity contribution in [2.24, 2.45) is 5.16 Å². The zero-order chi connectivity index (χ0) is 28.8. The summed E-state index contributed by atoms with van der Waals surface area (Å²) in [5.74, 6) is -2.48. The van der Waals surface area contributed by atoms with Gasteiger partial charge < -0.3 is 25.7 Å². The van der Waals surface area contributed by atoms with E-state index in [4.69, 9.17) is 15.2 Å². The Balaban J connectivity index is 1.56. The van der Waals surface area contributed by atoms with Gasteiger partial charge in [0.1, 0.15) is 22.8 Å². The van der Waals surface area contributed by atoms with Crippen molar-refractivity contribution in [1.82, 2.24) is 20.2 Å². The third-order valence-electron chi connectivity index (χ3n) is 5.74. The van der Waals surface area contributed by atoms with E-state index in [2.05, 4.69) is 20.4 Å². The molecule has 4 rings (SSSR count). The number of esters is 2. The summed E-state index contributed by atoms with van der Waals surface area (Å²) in [7, 11) is 0. The van der Waals surface area contributed by atoms with Crippen molar-refractivity contribution in [3.63, 3.8) is 0 Å². The SMILES string of the molecule is CCCC(=O)OC(C)OC(=O)C1=C(/C=C\c2cccnc2)CS[C@H]2[C@H](NC(=O)C(=NO)c3csc(N)n3)C(=O)N12. The fourth-order valence-corrected chi connectivity index (χ4v) is 5.80. The first-order valence-electron chi connectivity index (χ1n) is 12.1. The van der Waals surface area contributed by atoms with Crippen LogP contribution in [0.2, 0.25) is 0 Å². The van der Waals surface area contributed by atoms with Crippen LogP contribution in [0, 0.1) is 0 Å². The van der Waals surface area contributed by atoms with Crippen LogP contribution in [-0.2, 0) is 28.7 Å². The van der Waals surface area contributed by atoms with Crippen molar-refractivity contribution in [2.45, 2.75) is 44.4 Å². The number of nitrogens with two attached hydrogens (primary N) is 1. The highest BCUT2D eigenvalue weighted by Gasteiger charge is 2.54. The molecule has 1 fully saturated rings. The number of aromatic nitrogens is 2. The van der Waals surface area contributed by atoms with Crippen LogP contribution in [-0.4, -0.2) is 73.0 Å². The molecule has 0 radical (unpaired) electrons. The number of carbonyl (C=O) groups is 4. The predicted molar refractivity (Wildman–Crippen MR) is 147 cm³/mol. The summed E-state index contributed by atoms with van der Waals surface area (Å²) in [6.45, 7) is 3.23. The maximum atomic E-state index is 13.3. The maximum absolute atomic E-state index is 13.3.